The first-order chi connectivity index (χ1) is 10.4. The van der Waals surface area contributed by atoms with E-state index in [1.165, 1.54) is 6.20 Å². The zero-order chi connectivity index (χ0) is 16.2. The fourth-order valence-corrected chi connectivity index (χ4v) is 3.98. The number of rotatable bonds is 8. The number of aliphatic hydroxyl groups is 1. The second-order valence-electron chi connectivity index (χ2n) is 5.60. The average Bonchev–Trinajstić information content (AvgIpc) is 2.91. The zero-order valence-corrected chi connectivity index (χ0v) is 13.8. The lowest BCUT2D eigenvalue weighted by atomic mass is 9.93. The van der Waals surface area contributed by atoms with E-state index in [1.807, 2.05) is 13.8 Å². The van der Waals surface area contributed by atoms with Gasteiger partial charge in [0.05, 0.1) is 5.60 Å². The third-order valence-electron chi connectivity index (χ3n) is 3.72. The number of aromatic nitrogens is 2. The maximum atomic E-state index is 12.5. The molecule has 7 heteroatoms. The first-order valence-electron chi connectivity index (χ1n) is 7.56. The van der Waals surface area contributed by atoms with Crippen LogP contribution in [0.15, 0.2) is 29.4 Å². The maximum Gasteiger partial charge on any atom is 0.242 e. The second kappa shape index (κ2) is 6.76. The quantitative estimate of drug-likeness (QED) is 0.693. The van der Waals surface area contributed by atoms with Gasteiger partial charge < -0.3 is 10.1 Å². The molecule has 0 atom stereocenters. The van der Waals surface area contributed by atoms with Crippen LogP contribution in [0.3, 0.4) is 0 Å². The number of sulfonamides is 1. The number of pyridine rings is 1. The summed E-state index contributed by atoms with van der Waals surface area (Å²) < 4.78 is 27.5. The van der Waals surface area contributed by atoms with Gasteiger partial charge in [0.2, 0.25) is 10.0 Å². The fraction of sp³-hybridized carbons (Fsp3) is 0.533. The average molecular weight is 325 g/mol. The smallest absolute Gasteiger partial charge is 0.242 e. The second-order valence-corrected chi connectivity index (χ2v) is 7.34. The Bertz CT molecular complexity index is 718. The Balaban J connectivity index is 2.20. The van der Waals surface area contributed by atoms with Crippen LogP contribution in [0.5, 0.6) is 0 Å². The van der Waals surface area contributed by atoms with Crippen molar-refractivity contribution in [3.63, 3.8) is 0 Å². The lowest BCUT2D eigenvalue weighted by molar-refractivity contribution is 0.0266. The molecule has 2 aromatic heterocycles. The van der Waals surface area contributed by atoms with Crippen molar-refractivity contribution in [3.05, 3.63) is 24.5 Å². The van der Waals surface area contributed by atoms with Crippen LogP contribution in [0, 0.1) is 0 Å². The minimum absolute atomic E-state index is 0.0178. The number of nitrogens with one attached hydrogen (secondary N) is 2. The summed E-state index contributed by atoms with van der Waals surface area (Å²) in [6.45, 7) is 3.96. The normalized spacial score (nSPS) is 12.9. The molecule has 0 aliphatic carbocycles. The predicted molar refractivity (Wildman–Crippen MR) is 86.0 cm³/mol. The number of aromatic amines is 1. The highest BCUT2D eigenvalue weighted by atomic mass is 32.2. The topological polar surface area (TPSA) is 95.1 Å². The number of hydrogen-bond acceptors (Lipinski definition) is 4. The third-order valence-corrected chi connectivity index (χ3v) is 5.17. The van der Waals surface area contributed by atoms with E-state index in [1.54, 1.807) is 18.3 Å². The van der Waals surface area contributed by atoms with Gasteiger partial charge in [-0.25, -0.2) is 18.1 Å². The van der Waals surface area contributed by atoms with Gasteiger partial charge in [0.1, 0.15) is 10.5 Å². The molecule has 2 rings (SSSR count). The van der Waals surface area contributed by atoms with E-state index in [9.17, 15) is 13.5 Å². The van der Waals surface area contributed by atoms with E-state index in [2.05, 4.69) is 14.7 Å². The summed E-state index contributed by atoms with van der Waals surface area (Å²) in [5.74, 6) is 0. The van der Waals surface area contributed by atoms with Crippen molar-refractivity contribution in [2.45, 2.75) is 50.0 Å². The first-order valence-corrected chi connectivity index (χ1v) is 9.04. The molecule has 22 heavy (non-hydrogen) atoms. The SMILES string of the molecule is CCCC(O)(CCC)CNS(=O)(=O)c1c[nH]c2ncccc12. The Labute approximate surface area is 131 Å². The molecule has 0 saturated heterocycles. The molecule has 0 fully saturated rings. The minimum atomic E-state index is -3.69. The Morgan fingerprint density at radius 2 is 2.00 bits per heavy atom. The van der Waals surface area contributed by atoms with Gasteiger partial charge in [0, 0.05) is 24.3 Å². The first kappa shape index (κ1) is 16.9. The minimum Gasteiger partial charge on any atom is -0.389 e. The van der Waals surface area contributed by atoms with Gasteiger partial charge in [0.15, 0.2) is 0 Å². The van der Waals surface area contributed by atoms with Crippen molar-refractivity contribution in [1.29, 1.82) is 0 Å². The molecule has 0 radical (unpaired) electrons. The monoisotopic (exact) mass is 325 g/mol. The Morgan fingerprint density at radius 1 is 1.32 bits per heavy atom. The summed E-state index contributed by atoms with van der Waals surface area (Å²) in [6.07, 6.45) is 5.77. The van der Waals surface area contributed by atoms with Gasteiger partial charge in [-0.3, -0.25) is 0 Å². The largest absolute Gasteiger partial charge is 0.389 e. The molecule has 6 nitrogen and oxygen atoms in total. The van der Waals surface area contributed by atoms with Gasteiger partial charge in [-0.2, -0.15) is 0 Å². The van der Waals surface area contributed by atoms with Crippen molar-refractivity contribution in [2.24, 2.45) is 0 Å². The van der Waals surface area contributed by atoms with Crippen LogP contribution < -0.4 is 4.72 Å². The summed E-state index contributed by atoms with van der Waals surface area (Å²) in [6, 6.07) is 3.40. The molecule has 0 bridgehead atoms. The van der Waals surface area contributed by atoms with E-state index in [-0.39, 0.29) is 11.4 Å². The van der Waals surface area contributed by atoms with Crippen LogP contribution in [0.1, 0.15) is 39.5 Å². The van der Waals surface area contributed by atoms with Crippen LogP contribution in [-0.2, 0) is 10.0 Å². The molecule has 122 valence electrons. The van der Waals surface area contributed by atoms with Gasteiger partial charge in [-0.05, 0) is 25.0 Å². The van der Waals surface area contributed by atoms with Gasteiger partial charge in [0.25, 0.3) is 0 Å². The maximum absolute atomic E-state index is 12.5. The fourth-order valence-electron chi connectivity index (χ4n) is 2.69. The molecule has 0 saturated carbocycles. The van der Waals surface area contributed by atoms with E-state index < -0.39 is 15.6 Å². The van der Waals surface area contributed by atoms with Gasteiger partial charge >= 0.3 is 0 Å². The van der Waals surface area contributed by atoms with Crippen LogP contribution in [0.4, 0.5) is 0 Å². The van der Waals surface area contributed by atoms with Crippen LogP contribution in [0.25, 0.3) is 11.0 Å². The van der Waals surface area contributed by atoms with E-state index in [0.29, 0.717) is 23.9 Å². The van der Waals surface area contributed by atoms with Crippen molar-refractivity contribution in [2.75, 3.05) is 6.54 Å². The molecule has 2 aromatic rings. The standard InChI is InChI=1S/C15H23N3O3S/c1-3-7-15(19,8-4-2)11-18-22(20,21)13-10-17-14-12(13)6-5-9-16-14/h5-6,9-10,18-19H,3-4,7-8,11H2,1-2H3,(H,16,17). The predicted octanol–water partition coefficient (Wildman–Crippen LogP) is 2.17. The van der Waals surface area contributed by atoms with Crippen molar-refractivity contribution < 1.29 is 13.5 Å². The summed E-state index contributed by atoms with van der Waals surface area (Å²) in [4.78, 5) is 7.09. The molecular formula is C15H23N3O3S. The molecule has 0 aliphatic heterocycles. The molecule has 0 spiro atoms. The highest BCUT2D eigenvalue weighted by molar-refractivity contribution is 7.89. The van der Waals surface area contributed by atoms with Crippen LogP contribution in [0.2, 0.25) is 0 Å². The Hall–Kier alpha value is -1.44. The van der Waals surface area contributed by atoms with E-state index >= 15 is 0 Å². The number of H-pyrrole nitrogens is 1. The lowest BCUT2D eigenvalue weighted by Crippen LogP contribution is -2.42. The highest BCUT2D eigenvalue weighted by Crippen LogP contribution is 2.23. The van der Waals surface area contributed by atoms with Crippen molar-refractivity contribution in [1.82, 2.24) is 14.7 Å². The molecule has 2 heterocycles. The van der Waals surface area contributed by atoms with E-state index in [0.717, 1.165) is 12.8 Å². The highest BCUT2D eigenvalue weighted by Gasteiger charge is 2.28. The molecule has 0 aromatic carbocycles. The molecular weight excluding hydrogens is 302 g/mol. The van der Waals surface area contributed by atoms with Crippen molar-refractivity contribution >= 4 is 21.1 Å². The van der Waals surface area contributed by atoms with Gasteiger partial charge in [-0.1, -0.05) is 26.7 Å². The van der Waals surface area contributed by atoms with Crippen molar-refractivity contribution in [3.8, 4) is 0 Å². The summed E-state index contributed by atoms with van der Waals surface area (Å²) in [5, 5.41) is 11.1. The molecule has 0 aliphatic rings. The molecule has 0 unspecified atom stereocenters. The molecule has 0 amide bonds. The molecule has 3 N–H and O–H groups in total. The van der Waals surface area contributed by atoms with Crippen LogP contribution in [-0.4, -0.2) is 35.6 Å². The van der Waals surface area contributed by atoms with Crippen LogP contribution >= 0.6 is 0 Å². The van der Waals surface area contributed by atoms with Gasteiger partial charge in [-0.15, -0.1) is 0 Å². The van der Waals surface area contributed by atoms with E-state index in [4.69, 9.17) is 0 Å². The zero-order valence-electron chi connectivity index (χ0n) is 13.0. The Morgan fingerprint density at radius 3 is 2.64 bits per heavy atom. The Kier molecular flexibility index (Phi) is 5.20. The summed E-state index contributed by atoms with van der Waals surface area (Å²) in [5.41, 5.74) is -0.471. The lowest BCUT2D eigenvalue weighted by Gasteiger charge is -2.27. The summed E-state index contributed by atoms with van der Waals surface area (Å²) in [7, 11) is -3.69. The number of nitrogens with zero attached hydrogens (tertiary/aromatic N) is 1. The third kappa shape index (κ3) is 3.66. The summed E-state index contributed by atoms with van der Waals surface area (Å²) >= 11 is 0. The number of hydrogen-bond donors (Lipinski definition) is 3. The number of fused-ring (bicyclic) bond motifs is 1.